The van der Waals surface area contributed by atoms with Crippen molar-refractivity contribution >= 4 is 0 Å². The van der Waals surface area contributed by atoms with E-state index in [2.05, 4.69) is 18.7 Å². The Balaban J connectivity index is 2.17. The lowest BCUT2D eigenvalue weighted by Gasteiger charge is -2.48. The van der Waals surface area contributed by atoms with Crippen molar-refractivity contribution in [3.8, 4) is 0 Å². The van der Waals surface area contributed by atoms with E-state index < -0.39 is 0 Å². The van der Waals surface area contributed by atoms with E-state index in [1.807, 2.05) is 0 Å². The van der Waals surface area contributed by atoms with Crippen LogP contribution in [0.5, 0.6) is 0 Å². The monoisotopic (exact) mass is 252 g/mol. The van der Waals surface area contributed by atoms with Crippen molar-refractivity contribution < 1.29 is 0 Å². The molecule has 1 saturated carbocycles. The number of hydrogen-bond acceptors (Lipinski definition) is 2. The predicted molar refractivity (Wildman–Crippen MR) is 78.7 cm³/mol. The predicted octanol–water partition coefficient (Wildman–Crippen LogP) is 3.69. The molecular weight excluding hydrogens is 220 g/mol. The molecule has 106 valence electrons. The number of rotatable bonds is 3. The van der Waals surface area contributed by atoms with E-state index in [4.69, 9.17) is 5.73 Å². The SMILES string of the molecule is CCC1CCC(C)N1C1(CN)CCCCCCC1. The standard InChI is InChI=1S/C16H32N2/c1-3-15-10-9-14(2)18(15)16(13-17)11-7-5-4-6-8-12-16/h14-15H,3-13,17H2,1-2H3. The third kappa shape index (κ3) is 2.75. The first-order chi connectivity index (χ1) is 8.73. The van der Waals surface area contributed by atoms with Crippen molar-refractivity contribution in [2.75, 3.05) is 6.54 Å². The van der Waals surface area contributed by atoms with Gasteiger partial charge in [-0.2, -0.15) is 0 Å². The minimum absolute atomic E-state index is 0.330. The fourth-order valence-electron chi connectivity index (χ4n) is 4.46. The van der Waals surface area contributed by atoms with Gasteiger partial charge >= 0.3 is 0 Å². The van der Waals surface area contributed by atoms with Gasteiger partial charge in [0.05, 0.1) is 0 Å². The molecule has 2 unspecified atom stereocenters. The molecule has 1 saturated heterocycles. The van der Waals surface area contributed by atoms with Crippen LogP contribution in [-0.2, 0) is 0 Å². The summed E-state index contributed by atoms with van der Waals surface area (Å²) in [6.07, 6.45) is 13.8. The van der Waals surface area contributed by atoms with Crippen LogP contribution in [0.15, 0.2) is 0 Å². The maximum Gasteiger partial charge on any atom is 0.0337 e. The van der Waals surface area contributed by atoms with Gasteiger partial charge in [-0.25, -0.2) is 0 Å². The second-order valence-electron chi connectivity index (χ2n) is 6.59. The Morgan fingerprint density at radius 1 is 1.06 bits per heavy atom. The van der Waals surface area contributed by atoms with Crippen molar-refractivity contribution in [2.24, 2.45) is 5.73 Å². The van der Waals surface area contributed by atoms with Crippen molar-refractivity contribution in [3.05, 3.63) is 0 Å². The number of likely N-dealkylation sites (tertiary alicyclic amines) is 1. The highest BCUT2D eigenvalue weighted by Gasteiger charge is 2.43. The first-order valence-electron chi connectivity index (χ1n) is 8.22. The van der Waals surface area contributed by atoms with Gasteiger partial charge in [0.2, 0.25) is 0 Å². The van der Waals surface area contributed by atoms with Crippen LogP contribution in [0.25, 0.3) is 0 Å². The van der Waals surface area contributed by atoms with Crippen LogP contribution in [0.3, 0.4) is 0 Å². The molecule has 2 fully saturated rings. The lowest BCUT2D eigenvalue weighted by Crippen LogP contribution is -2.58. The molecule has 0 amide bonds. The van der Waals surface area contributed by atoms with Gasteiger partial charge < -0.3 is 5.73 Å². The average molecular weight is 252 g/mol. The number of hydrogen-bond donors (Lipinski definition) is 1. The van der Waals surface area contributed by atoms with E-state index in [9.17, 15) is 0 Å². The Hall–Kier alpha value is -0.0800. The van der Waals surface area contributed by atoms with Crippen LogP contribution in [0.2, 0.25) is 0 Å². The average Bonchev–Trinajstić information content (AvgIpc) is 2.72. The van der Waals surface area contributed by atoms with Crippen molar-refractivity contribution in [2.45, 2.75) is 95.7 Å². The minimum Gasteiger partial charge on any atom is -0.329 e. The molecule has 0 radical (unpaired) electrons. The van der Waals surface area contributed by atoms with E-state index >= 15 is 0 Å². The van der Waals surface area contributed by atoms with Crippen LogP contribution in [0, 0.1) is 0 Å². The topological polar surface area (TPSA) is 29.3 Å². The van der Waals surface area contributed by atoms with Crippen LogP contribution in [0.4, 0.5) is 0 Å². The molecule has 2 N–H and O–H groups in total. The molecule has 0 bridgehead atoms. The van der Waals surface area contributed by atoms with Gasteiger partial charge in [-0.3, -0.25) is 4.90 Å². The summed E-state index contributed by atoms with van der Waals surface area (Å²) in [5, 5.41) is 0. The number of nitrogens with zero attached hydrogens (tertiary/aromatic N) is 1. The van der Waals surface area contributed by atoms with Gasteiger partial charge in [0.25, 0.3) is 0 Å². The molecule has 0 aromatic rings. The van der Waals surface area contributed by atoms with Gasteiger partial charge in [-0.1, -0.05) is 39.0 Å². The normalized spacial score (nSPS) is 34.2. The first-order valence-corrected chi connectivity index (χ1v) is 8.22. The molecule has 1 aliphatic heterocycles. The molecule has 2 atom stereocenters. The van der Waals surface area contributed by atoms with Crippen LogP contribution in [0.1, 0.15) is 78.1 Å². The molecule has 1 heterocycles. The summed E-state index contributed by atoms with van der Waals surface area (Å²) in [7, 11) is 0. The zero-order chi connectivity index (χ0) is 13.0. The zero-order valence-corrected chi connectivity index (χ0v) is 12.5. The third-order valence-corrected chi connectivity index (χ3v) is 5.47. The molecular formula is C16H32N2. The highest BCUT2D eigenvalue weighted by atomic mass is 15.3. The van der Waals surface area contributed by atoms with Gasteiger partial charge in [0.15, 0.2) is 0 Å². The van der Waals surface area contributed by atoms with E-state index in [1.54, 1.807) is 0 Å². The fourth-order valence-corrected chi connectivity index (χ4v) is 4.46. The number of nitrogens with two attached hydrogens (primary N) is 1. The summed E-state index contributed by atoms with van der Waals surface area (Å²) < 4.78 is 0. The van der Waals surface area contributed by atoms with E-state index in [1.165, 1.54) is 64.2 Å². The molecule has 2 rings (SSSR count). The molecule has 0 aromatic carbocycles. The maximum atomic E-state index is 6.28. The Morgan fingerprint density at radius 3 is 2.22 bits per heavy atom. The highest BCUT2D eigenvalue weighted by molar-refractivity contribution is 5.00. The van der Waals surface area contributed by atoms with Crippen molar-refractivity contribution in [1.29, 1.82) is 0 Å². The quantitative estimate of drug-likeness (QED) is 0.830. The molecule has 2 heteroatoms. The third-order valence-electron chi connectivity index (χ3n) is 5.47. The first kappa shape index (κ1) is 14.3. The van der Waals surface area contributed by atoms with Gasteiger partial charge in [0, 0.05) is 24.2 Å². The van der Waals surface area contributed by atoms with Crippen LogP contribution < -0.4 is 5.73 Å². The minimum atomic E-state index is 0.330. The molecule has 1 aliphatic carbocycles. The summed E-state index contributed by atoms with van der Waals surface area (Å²) in [5.41, 5.74) is 6.61. The largest absolute Gasteiger partial charge is 0.329 e. The summed E-state index contributed by atoms with van der Waals surface area (Å²) in [6, 6.07) is 1.54. The molecule has 18 heavy (non-hydrogen) atoms. The van der Waals surface area contributed by atoms with E-state index in [-0.39, 0.29) is 0 Å². The Morgan fingerprint density at radius 2 is 1.67 bits per heavy atom. The van der Waals surface area contributed by atoms with Gasteiger partial charge in [0.1, 0.15) is 0 Å². The van der Waals surface area contributed by atoms with E-state index in [0.717, 1.165) is 18.6 Å². The maximum absolute atomic E-state index is 6.28. The smallest absolute Gasteiger partial charge is 0.0337 e. The van der Waals surface area contributed by atoms with Crippen molar-refractivity contribution in [1.82, 2.24) is 4.90 Å². The van der Waals surface area contributed by atoms with Crippen molar-refractivity contribution in [3.63, 3.8) is 0 Å². The summed E-state index contributed by atoms with van der Waals surface area (Å²) in [6.45, 7) is 5.64. The Bertz CT molecular complexity index is 243. The lowest BCUT2D eigenvalue weighted by atomic mass is 9.81. The molecule has 0 aromatic heterocycles. The Kier molecular flexibility index (Phi) is 5.08. The summed E-state index contributed by atoms with van der Waals surface area (Å²) in [5.74, 6) is 0. The van der Waals surface area contributed by atoms with Gasteiger partial charge in [-0.15, -0.1) is 0 Å². The molecule has 2 nitrogen and oxygen atoms in total. The zero-order valence-electron chi connectivity index (χ0n) is 12.5. The van der Waals surface area contributed by atoms with Gasteiger partial charge in [-0.05, 0) is 39.0 Å². The molecule has 0 spiro atoms. The lowest BCUT2D eigenvalue weighted by molar-refractivity contribution is 0.0246. The fraction of sp³-hybridized carbons (Fsp3) is 1.00. The van der Waals surface area contributed by atoms with E-state index in [0.29, 0.717) is 5.54 Å². The van der Waals surface area contributed by atoms with Crippen LogP contribution in [-0.4, -0.2) is 29.1 Å². The van der Waals surface area contributed by atoms with Crippen LogP contribution >= 0.6 is 0 Å². The Labute approximate surface area is 113 Å². The molecule has 2 aliphatic rings. The summed E-state index contributed by atoms with van der Waals surface area (Å²) >= 11 is 0. The second-order valence-corrected chi connectivity index (χ2v) is 6.59. The summed E-state index contributed by atoms with van der Waals surface area (Å²) in [4.78, 5) is 2.85. The highest BCUT2D eigenvalue weighted by Crippen LogP contribution is 2.39. The second kappa shape index (κ2) is 6.38.